The molecule has 3 atom stereocenters. The van der Waals surface area contributed by atoms with Gasteiger partial charge in [0.25, 0.3) is 0 Å². The predicted octanol–water partition coefficient (Wildman–Crippen LogP) is 5.87. The molecule has 0 bridgehead atoms. The van der Waals surface area contributed by atoms with Gasteiger partial charge in [0.2, 0.25) is 0 Å². The van der Waals surface area contributed by atoms with E-state index in [4.69, 9.17) is 14.5 Å². The number of carbonyl (C=O) groups is 2. The van der Waals surface area contributed by atoms with Crippen LogP contribution in [0.1, 0.15) is 39.2 Å². The van der Waals surface area contributed by atoms with Crippen LogP contribution in [0.25, 0.3) is 11.3 Å². The van der Waals surface area contributed by atoms with Crippen LogP contribution in [0.5, 0.6) is 0 Å². The number of nitrogens with one attached hydrogen (secondary N) is 1. The molecule has 4 rings (SSSR count). The first-order chi connectivity index (χ1) is 18.7. The van der Waals surface area contributed by atoms with Gasteiger partial charge in [-0.15, -0.1) is 11.3 Å². The lowest BCUT2D eigenvalue weighted by atomic mass is 9.75. The summed E-state index contributed by atoms with van der Waals surface area (Å²) in [5.74, 6) is -2.40. The number of ether oxygens (including phenoxy) is 2. The Bertz CT molecular complexity index is 1460. The number of allylic oxidation sites excluding steroid dienone is 1. The highest BCUT2D eigenvalue weighted by molar-refractivity contribution is 7.84. The Labute approximate surface area is 234 Å². The molecule has 204 valence electrons. The third-order valence-corrected chi connectivity index (χ3v) is 8.08. The van der Waals surface area contributed by atoms with Crippen LogP contribution >= 0.6 is 11.3 Å². The number of esters is 2. The molecule has 1 aliphatic rings. The largest absolute Gasteiger partial charge is 0.465 e. The third kappa shape index (κ3) is 6.17. The number of benzene rings is 2. The zero-order chi connectivity index (χ0) is 28.1. The van der Waals surface area contributed by atoms with Gasteiger partial charge in [0.1, 0.15) is 5.92 Å². The number of hydrogen-bond donors (Lipinski definition) is 1. The summed E-state index contributed by atoms with van der Waals surface area (Å²) in [6.07, 6.45) is 1.65. The van der Waals surface area contributed by atoms with Gasteiger partial charge in [-0.05, 0) is 51.5 Å². The minimum atomic E-state index is -1.05. The molecular weight excluding hydrogens is 534 g/mol. The number of hydrogen-bond acceptors (Lipinski definition) is 9. The Balaban J connectivity index is 1.74. The van der Waals surface area contributed by atoms with E-state index in [1.165, 1.54) is 11.3 Å². The van der Waals surface area contributed by atoms with Crippen LogP contribution in [0.4, 0.5) is 10.8 Å². The van der Waals surface area contributed by atoms with Gasteiger partial charge < -0.3 is 14.8 Å². The second-order valence-corrected chi connectivity index (χ2v) is 11.1. The van der Waals surface area contributed by atoms with Crippen LogP contribution < -0.4 is 5.32 Å². The fourth-order valence-electron chi connectivity index (χ4n) is 4.66. The van der Waals surface area contributed by atoms with Crippen LogP contribution in [-0.4, -0.2) is 46.3 Å². The highest BCUT2D eigenvalue weighted by Crippen LogP contribution is 2.43. The van der Waals surface area contributed by atoms with Crippen molar-refractivity contribution in [2.45, 2.75) is 38.5 Å². The first-order valence-corrected chi connectivity index (χ1v) is 15.0. The minimum absolute atomic E-state index is 0.200. The lowest BCUT2D eigenvalue weighted by molar-refractivity contribution is -0.146. The molecular formula is C29H31N3O5S2. The molecule has 2 aromatic carbocycles. The molecule has 0 saturated heterocycles. The minimum Gasteiger partial charge on any atom is -0.465 e. The predicted molar refractivity (Wildman–Crippen MR) is 155 cm³/mol. The molecule has 10 heteroatoms. The first kappa shape index (κ1) is 28.4. The summed E-state index contributed by atoms with van der Waals surface area (Å²) in [6.45, 7) is 7.44. The molecule has 0 saturated carbocycles. The summed E-state index contributed by atoms with van der Waals surface area (Å²) in [5, 5.41) is 5.98. The normalized spacial score (nSPS) is 17.8. The van der Waals surface area contributed by atoms with Crippen molar-refractivity contribution < 1.29 is 23.3 Å². The summed E-state index contributed by atoms with van der Waals surface area (Å²) >= 11 is 1.44. The van der Waals surface area contributed by atoms with Gasteiger partial charge in [0.15, 0.2) is 5.13 Å². The third-order valence-electron chi connectivity index (χ3n) is 6.39. The van der Waals surface area contributed by atoms with E-state index in [9.17, 15) is 13.8 Å². The van der Waals surface area contributed by atoms with Crippen molar-refractivity contribution in [1.82, 2.24) is 4.98 Å². The number of aliphatic imine (C=N–C) groups is 1. The summed E-state index contributed by atoms with van der Waals surface area (Å²) in [6, 6.07) is 15.0. The summed E-state index contributed by atoms with van der Waals surface area (Å²) < 4.78 is 22.5. The van der Waals surface area contributed by atoms with E-state index in [0.29, 0.717) is 27.8 Å². The van der Waals surface area contributed by atoms with Crippen LogP contribution in [0.15, 0.2) is 75.1 Å². The Morgan fingerprint density at radius 1 is 1.03 bits per heavy atom. The SMILES string of the molecule is CCOC(=O)C1=C(C)N=C(C)C(C(=O)OCC)C1c1ccccc1Nc1nc(-c2ccc(S(C)=O)cc2)cs1. The maximum atomic E-state index is 13.2. The van der Waals surface area contributed by atoms with Gasteiger partial charge in [-0.25, -0.2) is 9.78 Å². The monoisotopic (exact) mass is 565 g/mol. The number of carbonyl (C=O) groups excluding carboxylic acids is 2. The smallest absolute Gasteiger partial charge is 0.336 e. The maximum absolute atomic E-state index is 13.2. The van der Waals surface area contributed by atoms with Gasteiger partial charge in [-0.3, -0.25) is 14.0 Å². The van der Waals surface area contributed by atoms with Crippen molar-refractivity contribution in [3.8, 4) is 11.3 Å². The highest BCUT2D eigenvalue weighted by Gasteiger charge is 2.43. The second kappa shape index (κ2) is 12.5. The number of aromatic nitrogens is 1. The van der Waals surface area contributed by atoms with E-state index < -0.39 is 34.6 Å². The molecule has 3 aromatic rings. The van der Waals surface area contributed by atoms with Crippen LogP contribution in [0.3, 0.4) is 0 Å². The fraction of sp³-hybridized carbons (Fsp3) is 0.310. The van der Waals surface area contributed by atoms with Crippen molar-refractivity contribution in [3.05, 3.63) is 70.7 Å². The van der Waals surface area contributed by atoms with Crippen molar-refractivity contribution in [2.75, 3.05) is 24.8 Å². The van der Waals surface area contributed by atoms with Crippen molar-refractivity contribution in [1.29, 1.82) is 0 Å². The van der Waals surface area contributed by atoms with Crippen LogP contribution in [-0.2, 0) is 29.9 Å². The van der Waals surface area contributed by atoms with E-state index in [1.807, 2.05) is 53.9 Å². The Morgan fingerprint density at radius 3 is 2.38 bits per heavy atom. The molecule has 1 aliphatic heterocycles. The molecule has 8 nitrogen and oxygen atoms in total. The lowest BCUT2D eigenvalue weighted by Gasteiger charge is -2.32. The molecule has 0 spiro atoms. The van der Waals surface area contributed by atoms with Crippen molar-refractivity contribution in [2.24, 2.45) is 10.9 Å². The first-order valence-electron chi connectivity index (χ1n) is 12.6. The van der Waals surface area contributed by atoms with Crippen molar-refractivity contribution in [3.63, 3.8) is 0 Å². The Morgan fingerprint density at radius 2 is 1.72 bits per heavy atom. The van der Waals surface area contributed by atoms with E-state index >= 15 is 0 Å². The molecule has 0 amide bonds. The quantitative estimate of drug-likeness (QED) is 0.324. The van der Waals surface area contributed by atoms with Crippen LogP contribution in [0.2, 0.25) is 0 Å². The molecule has 0 radical (unpaired) electrons. The number of nitrogens with zero attached hydrogens (tertiary/aromatic N) is 2. The number of para-hydroxylation sites is 1. The molecule has 0 fully saturated rings. The van der Waals surface area contributed by atoms with Gasteiger partial charge >= 0.3 is 11.9 Å². The van der Waals surface area contributed by atoms with Crippen molar-refractivity contribution >= 4 is 50.6 Å². The van der Waals surface area contributed by atoms with E-state index in [-0.39, 0.29) is 13.2 Å². The number of anilines is 2. The topological polar surface area (TPSA) is 107 Å². The average molecular weight is 566 g/mol. The fourth-order valence-corrected chi connectivity index (χ4v) is 5.91. The zero-order valence-corrected chi connectivity index (χ0v) is 24.2. The second-order valence-electron chi connectivity index (χ2n) is 8.91. The average Bonchev–Trinajstić information content (AvgIpc) is 3.37. The summed E-state index contributed by atoms with van der Waals surface area (Å²) in [4.78, 5) is 36.4. The van der Waals surface area contributed by atoms with Gasteiger partial charge in [0.05, 0.1) is 24.5 Å². The summed E-state index contributed by atoms with van der Waals surface area (Å²) in [7, 11) is -1.05. The van der Waals surface area contributed by atoms with E-state index in [0.717, 1.165) is 21.7 Å². The standard InChI is InChI=1S/C29H31N3O5S2/c1-6-36-27(33)24-17(3)30-18(4)25(28(34)37-7-2)26(24)21-10-8-9-11-22(21)31-29-32-23(16-38-29)19-12-14-20(15-13-19)39(5)35/h8-16,24,26H,6-7H2,1-5H3,(H,31,32). The van der Waals surface area contributed by atoms with E-state index in [1.54, 1.807) is 34.0 Å². The maximum Gasteiger partial charge on any atom is 0.336 e. The van der Waals surface area contributed by atoms with Gasteiger partial charge in [-0.1, -0.05) is 30.3 Å². The Hall–Kier alpha value is -3.63. The molecule has 39 heavy (non-hydrogen) atoms. The van der Waals surface area contributed by atoms with Gasteiger partial charge in [0, 0.05) is 55.9 Å². The lowest BCUT2D eigenvalue weighted by Crippen LogP contribution is -2.36. The highest BCUT2D eigenvalue weighted by atomic mass is 32.2. The number of rotatable bonds is 9. The number of thiazole rings is 1. The Kier molecular flexibility index (Phi) is 9.08. The molecule has 2 heterocycles. The summed E-state index contributed by atoms with van der Waals surface area (Å²) in [5.41, 5.74) is 4.55. The molecule has 1 N–H and O–H groups in total. The van der Waals surface area contributed by atoms with Crippen LogP contribution in [0, 0.1) is 5.92 Å². The zero-order valence-electron chi connectivity index (χ0n) is 22.5. The molecule has 3 unspecified atom stereocenters. The molecule has 0 aliphatic carbocycles. The van der Waals surface area contributed by atoms with E-state index in [2.05, 4.69) is 10.3 Å². The molecule has 1 aromatic heterocycles. The van der Waals surface area contributed by atoms with Gasteiger partial charge in [-0.2, -0.15) is 0 Å².